The first-order chi connectivity index (χ1) is 9.63. The van der Waals surface area contributed by atoms with Crippen molar-refractivity contribution in [1.29, 1.82) is 0 Å². The maximum Gasteiger partial charge on any atom is 0.191 e. The van der Waals surface area contributed by atoms with Crippen LogP contribution in [0.1, 0.15) is 44.5 Å². The Labute approximate surface area is 123 Å². The lowest BCUT2D eigenvalue weighted by Crippen LogP contribution is -2.06. The van der Waals surface area contributed by atoms with Crippen molar-refractivity contribution < 1.29 is 4.39 Å². The van der Waals surface area contributed by atoms with Gasteiger partial charge in [-0.1, -0.05) is 50.7 Å². The van der Waals surface area contributed by atoms with Gasteiger partial charge in [0, 0.05) is 18.2 Å². The van der Waals surface area contributed by atoms with Crippen molar-refractivity contribution in [3.63, 3.8) is 0 Å². The highest BCUT2D eigenvalue weighted by atomic mass is 32.2. The van der Waals surface area contributed by atoms with Gasteiger partial charge < -0.3 is 4.57 Å². The second kappa shape index (κ2) is 6.88. The molecule has 0 unspecified atom stereocenters. The lowest BCUT2D eigenvalue weighted by molar-refractivity contribution is 0.572. The molecule has 0 saturated carbocycles. The van der Waals surface area contributed by atoms with E-state index in [0.717, 1.165) is 23.9 Å². The Morgan fingerprint density at radius 1 is 1.25 bits per heavy atom. The molecule has 0 saturated heterocycles. The second-order valence-electron chi connectivity index (χ2n) is 5.03. The maximum absolute atomic E-state index is 13.6. The van der Waals surface area contributed by atoms with Crippen molar-refractivity contribution >= 4 is 11.8 Å². The number of benzene rings is 1. The summed E-state index contributed by atoms with van der Waals surface area (Å²) in [6.07, 6.45) is 1.03. The van der Waals surface area contributed by atoms with Crippen LogP contribution in [0.3, 0.4) is 0 Å². The predicted molar refractivity (Wildman–Crippen MR) is 80.4 cm³/mol. The van der Waals surface area contributed by atoms with Crippen LogP contribution in [0.15, 0.2) is 29.4 Å². The molecule has 108 valence electrons. The molecule has 20 heavy (non-hydrogen) atoms. The van der Waals surface area contributed by atoms with Gasteiger partial charge in [0.2, 0.25) is 0 Å². The third kappa shape index (κ3) is 3.39. The third-order valence-electron chi connectivity index (χ3n) is 3.02. The summed E-state index contributed by atoms with van der Waals surface area (Å²) in [5.41, 5.74) is 0.703. The Morgan fingerprint density at radius 2 is 2.00 bits per heavy atom. The molecule has 1 aromatic carbocycles. The minimum Gasteiger partial charge on any atom is -0.306 e. The zero-order valence-corrected chi connectivity index (χ0v) is 13.0. The molecule has 0 amide bonds. The van der Waals surface area contributed by atoms with E-state index in [1.54, 1.807) is 17.8 Å². The van der Waals surface area contributed by atoms with E-state index in [-0.39, 0.29) is 5.82 Å². The Balaban J connectivity index is 2.15. The summed E-state index contributed by atoms with van der Waals surface area (Å²) in [7, 11) is 0. The van der Waals surface area contributed by atoms with Crippen LogP contribution >= 0.6 is 11.8 Å². The molecule has 0 N–H and O–H groups in total. The van der Waals surface area contributed by atoms with Crippen molar-refractivity contribution in [1.82, 2.24) is 14.8 Å². The first kappa shape index (κ1) is 15.0. The highest BCUT2D eigenvalue weighted by molar-refractivity contribution is 7.98. The summed E-state index contributed by atoms with van der Waals surface area (Å²) in [6, 6.07) is 6.87. The molecule has 1 aromatic heterocycles. The minimum atomic E-state index is -0.161. The van der Waals surface area contributed by atoms with Gasteiger partial charge in [0.1, 0.15) is 11.6 Å². The van der Waals surface area contributed by atoms with E-state index in [1.165, 1.54) is 6.07 Å². The zero-order valence-electron chi connectivity index (χ0n) is 12.1. The Bertz CT molecular complexity index is 566. The van der Waals surface area contributed by atoms with Crippen molar-refractivity contribution in [3.05, 3.63) is 41.5 Å². The number of hydrogen-bond donors (Lipinski definition) is 0. The van der Waals surface area contributed by atoms with Gasteiger partial charge in [-0.15, -0.1) is 10.2 Å². The van der Waals surface area contributed by atoms with E-state index >= 15 is 0 Å². The van der Waals surface area contributed by atoms with Gasteiger partial charge in [0.25, 0.3) is 0 Å². The lowest BCUT2D eigenvalue weighted by atomic mass is 10.2. The summed E-state index contributed by atoms with van der Waals surface area (Å²) in [6.45, 7) is 7.26. The Kier molecular flexibility index (Phi) is 5.17. The van der Waals surface area contributed by atoms with Crippen LogP contribution in [0.2, 0.25) is 0 Å². The van der Waals surface area contributed by atoms with Crippen LogP contribution in [0.5, 0.6) is 0 Å². The smallest absolute Gasteiger partial charge is 0.191 e. The predicted octanol–water partition coefficient (Wildman–Crippen LogP) is 4.24. The molecule has 0 fully saturated rings. The van der Waals surface area contributed by atoms with Crippen LogP contribution in [0.4, 0.5) is 4.39 Å². The largest absolute Gasteiger partial charge is 0.306 e. The van der Waals surface area contributed by atoms with Crippen LogP contribution in [-0.4, -0.2) is 14.8 Å². The quantitative estimate of drug-likeness (QED) is 0.746. The molecule has 2 aromatic rings. The van der Waals surface area contributed by atoms with Gasteiger partial charge >= 0.3 is 0 Å². The fourth-order valence-electron chi connectivity index (χ4n) is 2.03. The van der Waals surface area contributed by atoms with Gasteiger partial charge in [0.05, 0.1) is 0 Å². The van der Waals surface area contributed by atoms with Gasteiger partial charge in [0.15, 0.2) is 5.16 Å². The Hall–Kier alpha value is -1.36. The number of hydrogen-bond acceptors (Lipinski definition) is 3. The van der Waals surface area contributed by atoms with Crippen molar-refractivity contribution in [3.8, 4) is 0 Å². The van der Waals surface area contributed by atoms with E-state index in [4.69, 9.17) is 0 Å². The Morgan fingerprint density at radius 3 is 2.65 bits per heavy atom. The van der Waals surface area contributed by atoms with E-state index in [1.807, 2.05) is 12.1 Å². The molecule has 0 aliphatic heterocycles. The second-order valence-corrected chi connectivity index (χ2v) is 5.97. The van der Waals surface area contributed by atoms with Crippen LogP contribution < -0.4 is 0 Å². The van der Waals surface area contributed by atoms with Crippen molar-refractivity contribution in [2.24, 2.45) is 0 Å². The first-order valence-electron chi connectivity index (χ1n) is 6.92. The summed E-state index contributed by atoms with van der Waals surface area (Å²) >= 11 is 1.54. The fraction of sp³-hybridized carbons (Fsp3) is 0.467. The molecule has 0 atom stereocenters. The summed E-state index contributed by atoms with van der Waals surface area (Å²) in [5.74, 6) is 1.76. The van der Waals surface area contributed by atoms with E-state index < -0.39 is 0 Å². The monoisotopic (exact) mass is 293 g/mol. The third-order valence-corrected chi connectivity index (χ3v) is 4.04. The van der Waals surface area contributed by atoms with Crippen LogP contribution in [-0.2, 0) is 12.3 Å². The van der Waals surface area contributed by atoms with E-state index in [2.05, 4.69) is 35.5 Å². The number of halogens is 1. The molecule has 1 heterocycles. The molecule has 2 rings (SSSR count). The minimum absolute atomic E-state index is 0.161. The summed E-state index contributed by atoms with van der Waals surface area (Å²) < 4.78 is 15.8. The molecule has 0 aliphatic rings. The molecular formula is C15H20FN3S. The fourth-order valence-corrected chi connectivity index (χ4v) is 2.98. The standard InChI is InChI=1S/C15H20FN3S/c1-4-9-19-14(11(2)3)17-18-15(19)20-10-12-7-5-6-8-13(12)16/h5-8,11H,4,9-10H2,1-3H3. The molecular weight excluding hydrogens is 273 g/mol. The van der Waals surface area contributed by atoms with Crippen LogP contribution in [0.25, 0.3) is 0 Å². The average molecular weight is 293 g/mol. The van der Waals surface area contributed by atoms with E-state index in [0.29, 0.717) is 17.2 Å². The number of rotatable bonds is 6. The maximum atomic E-state index is 13.6. The number of nitrogens with zero attached hydrogens (tertiary/aromatic N) is 3. The molecule has 0 spiro atoms. The van der Waals surface area contributed by atoms with Gasteiger partial charge in [-0.25, -0.2) is 4.39 Å². The summed E-state index contributed by atoms with van der Waals surface area (Å²) in [5, 5.41) is 9.40. The molecule has 3 nitrogen and oxygen atoms in total. The molecule has 0 bridgehead atoms. The van der Waals surface area contributed by atoms with Gasteiger partial charge in [-0.3, -0.25) is 0 Å². The molecule has 5 heteroatoms. The number of thioether (sulfide) groups is 1. The van der Waals surface area contributed by atoms with Crippen molar-refractivity contribution in [2.75, 3.05) is 0 Å². The lowest BCUT2D eigenvalue weighted by Gasteiger charge is -2.10. The first-order valence-corrected chi connectivity index (χ1v) is 7.91. The zero-order chi connectivity index (χ0) is 14.5. The van der Waals surface area contributed by atoms with Crippen LogP contribution in [0, 0.1) is 5.82 Å². The van der Waals surface area contributed by atoms with E-state index in [9.17, 15) is 4.39 Å². The van der Waals surface area contributed by atoms with Crippen molar-refractivity contribution in [2.45, 2.75) is 50.6 Å². The van der Waals surface area contributed by atoms with Gasteiger partial charge in [-0.05, 0) is 18.1 Å². The molecule has 0 aliphatic carbocycles. The van der Waals surface area contributed by atoms with Gasteiger partial charge in [-0.2, -0.15) is 0 Å². The SMILES string of the molecule is CCCn1c(SCc2ccccc2F)nnc1C(C)C. The number of aromatic nitrogens is 3. The average Bonchev–Trinajstić information content (AvgIpc) is 2.82. The highest BCUT2D eigenvalue weighted by Gasteiger charge is 2.15. The highest BCUT2D eigenvalue weighted by Crippen LogP contribution is 2.25. The normalized spacial score (nSPS) is 11.2. The topological polar surface area (TPSA) is 30.7 Å². The summed E-state index contributed by atoms with van der Waals surface area (Å²) in [4.78, 5) is 0. The molecule has 0 radical (unpaired) electrons.